The molecule has 0 atom stereocenters. The van der Waals surface area contributed by atoms with Gasteiger partial charge < -0.3 is 4.74 Å². The molecule has 0 saturated heterocycles. The Morgan fingerprint density at radius 2 is 1.71 bits per heavy atom. The highest BCUT2D eigenvalue weighted by Gasteiger charge is 2.08. The van der Waals surface area contributed by atoms with Crippen LogP contribution in [-0.4, -0.2) is 17.7 Å². The summed E-state index contributed by atoms with van der Waals surface area (Å²) in [5, 5.41) is 4.28. The molecule has 1 fully saturated rings. The fourth-order valence-corrected chi connectivity index (χ4v) is 2.40. The molecule has 0 spiro atoms. The highest BCUT2D eigenvalue weighted by Crippen LogP contribution is 2.15. The number of amides is 1. The normalized spacial score (nSPS) is 15.5. The Morgan fingerprint density at radius 3 is 2.29 bits per heavy atom. The van der Waals surface area contributed by atoms with E-state index in [1.807, 2.05) is 26.0 Å². The van der Waals surface area contributed by atoms with Gasteiger partial charge in [-0.05, 0) is 63.8 Å². The van der Waals surface area contributed by atoms with Gasteiger partial charge in [-0.1, -0.05) is 12.8 Å². The fraction of sp³-hybridized carbons (Fsp3) is 0.529. The predicted molar refractivity (Wildman–Crippen MR) is 84.8 cm³/mol. The van der Waals surface area contributed by atoms with Crippen LogP contribution in [0.25, 0.3) is 0 Å². The van der Waals surface area contributed by atoms with E-state index in [9.17, 15) is 4.79 Å². The van der Waals surface area contributed by atoms with Gasteiger partial charge in [0.1, 0.15) is 5.75 Å². The number of hydrogen-bond donors (Lipinski definition) is 1. The third-order valence-corrected chi connectivity index (χ3v) is 3.48. The van der Waals surface area contributed by atoms with Crippen LogP contribution in [0.5, 0.6) is 5.75 Å². The van der Waals surface area contributed by atoms with E-state index in [1.165, 1.54) is 25.7 Å². The minimum absolute atomic E-state index is 0.131. The van der Waals surface area contributed by atoms with E-state index in [1.54, 1.807) is 12.1 Å². The van der Waals surface area contributed by atoms with Gasteiger partial charge in [0.05, 0.1) is 6.10 Å². The molecule has 1 amide bonds. The van der Waals surface area contributed by atoms with Crippen molar-refractivity contribution in [2.24, 2.45) is 5.10 Å². The number of benzene rings is 1. The number of carbonyl (C=O) groups excluding carboxylic acids is 1. The number of ether oxygens (including phenoxy) is 1. The average Bonchev–Trinajstić information content (AvgIpc) is 2.73. The van der Waals surface area contributed by atoms with Gasteiger partial charge in [0, 0.05) is 11.3 Å². The summed E-state index contributed by atoms with van der Waals surface area (Å²) in [6, 6.07) is 7.15. The van der Waals surface area contributed by atoms with Crippen molar-refractivity contribution < 1.29 is 9.53 Å². The summed E-state index contributed by atoms with van der Waals surface area (Å²) >= 11 is 0. The first-order valence-corrected chi connectivity index (χ1v) is 7.77. The van der Waals surface area contributed by atoms with E-state index in [0.717, 1.165) is 24.3 Å². The van der Waals surface area contributed by atoms with Crippen molar-refractivity contribution in [3.63, 3.8) is 0 Å². The Balaban J connectivity index is 1.91. The fourth-order valence-electron chi connectivity index (χ4n) is 2.40. The molecule has 21 heavy (non-hydrogen) atoms. The van der Waals surface area contributed by atoms with Crippen molar-refractivity contribution in [2.45, 2.75) is 58.5 Å². The van der Waals surface area contributed by atoms with E-state index >= 15 is 0 Å². The topological polar surface area (TPSA) is 50.7 Å². The Labute approximate surface area is 126 Å². The van der Waals surface area contributed by atoms with E-state index < -0.39 is 0 Å². The van der Waals surface area contributed by atoms with Crippen LogP contribution in [-0.2, 0) is 0 Å². The monoisotopic (exact) mass is 288 g/mol. The Hall–Kier alpha value is -1.84. The first kappa shape index (κ1) is 15.5. The van der Waals surface area contributed by atoms with Gasteiger partial charge in [0.15, 0.2) is 0 Å². The summed E-state index contributed by atoms with van der Waals surface area (Å²) in [6.45, 7) is 3.95. The van der Waals surface area contributed by atoms with Crippen LogP contribution >= 0.6 is 0 Å². The molecule has 4 heteroatoms. The third-order valence-electron chi connectivity index (χ3n) is 3.48. The molecular weight excluding hydrogens is 264 g/mol. The molecule has 4 nitrogen and oxygen atoms in total. The smallest absolute Gasteiger partial charge is 0.271 e. The van der Waals surface area contributed by atoms with Crippen LogP contribution in [0.4, 0.5) is 0 Å². The Bertz CT molecular complexity index is 482. The maximum Gasteiger partial charge on any atom is 0.271 e. The van der Waals surface area contributed by atoms with Crippen molar-refractivity contribution in [1.29, 1.82) is 0 Å². The Morgan fingerprint density at radius 1 is 1.10 bits per heavy atom. The zero-order valence-corrected chi connectivity index (χ0v) is 12.9. The lowest BCUT2D eigenvalue weighted by atomic mass is 10.2. The molecule has 0 aliphatic heterocycles. The SMILES string of the molecule is CC(C)Oc1ccc(C(=O)NN=C2CCCCCC2)cc1. The molecule has 1 aromatic rings. The lowest BCUT2D eigenvalue weighted by Gasteiger charge is -2.09. The first-order chi connectivity index (χ1) is 10.1. The second-order valence-corrected chi connectivity index (χ2v) is 5.72. The van der Waals surface area contributed by atoms with Gasteiger partial charge in [0.2, 0.25) is 0 Å². The standard InChI is InChI=1S/C17H24N2O2/c1-13(2)21-16-11-9-14(10-12-16)17(20)19-18-15-7-5-3-4-6-8-15/h9-13H,3-8H2,1-2H3,(H,19,20). The van der Waals surface area contributed by atoms with E-state index in [4.69, 9.17) is 4.74 Å². The maximum absolute atomic E-state index is 12.0. The van der Waals surface area contributed by atoms with Gasteiger partial charge in [-0.15, -0.1) is 0 Å². The van der Waals surface area contributed by atoms with Crippen molar-refractivity contribution in [3.05, 3.63) is 29.8 Å². The molecule has 2 rings (SSSR count). The zero-order chi connectivity index (χ0) is 15.1. The number of nitrogens with one attached hydrogen (secondary N) is 1. The predicted octanol–water partition coefficient (Wildman–Crippen LogP) is 3.91. The van der Waals surface area contributed by atoms with Crippen LogP contribution in [0.15, 0.2) is 29.4 Å². The molecule has 0 heterocycles. The van der Waals surface area contributed by atoms with Gasteiger partial charge >= 0.3 is 0 Å². The molecule has 1 aliphatic rings. The van der Waals surface area contributed by atoms with Gasteiger partial charge in [-0.25, -0.2) is 5.43 Å². The number of rotatable bonds is 4. The lowest BCUT2D eigenvalue weighted by Crippen LogP contribution is -2.19. The molecule has 0 aromatic heterocycles. The molecule has 114 valence electrons. The second kappa shape index (κ2) is 7.81. The summed E-state index contributed by atoms with van der Waals surface area (Å²) in [7, 11) is 0. The largest absolute Gasteiger partial charge is 0.491 e. The second-order valence-electron chi connectivity index (χ2n) is 5.72. The molecule has 0 unspecified atom stereocenters. The first-order valence-electron chi connectivity index (χ1n) is 7.77. The summed E-state index contributed by atoms with van der Waals surface area (Å²) in [5.74, 6) is 0.611. The molecule has 1 N–H and O–H groups in total. The van der Waals surface area contributed by atoms with Crippen LogP contribution < -0.4 is 10.2 Å². The van der Waals surface area contributed by atoms with Crippen molar-refractivity contribution in [3.8, 4) is 5.75 Å². The molecule has 1 saturated carbocycles. The number of hydrogen-bond acceptors (Lipinski definition) is 3. The average molecular weight is 288 g/mol. The molecule has 0 radical (unpaired) electrons. The van der Waals surface area contributed by atoms with E-state index in [2.05, 4.69) is 10.5 Å². The maximum atomic E-state index is 12.0. The van der Waals surface area contributed by atoms with Crippen molar-refractivity contribution in [1.82, 2.24) is 5.43 Å². The molecule has 1 aromatic carbocycles. The Kier molecular flexibility index (Phi) is 5.78. The summed E-state index contributed by atoms with van der Waals surface area (Å²) in [5.41, 5.74) is 4.38. The number of hydrazone groups is 1. The van der Waals surface area contributed by atoms with Crippen LogP contribution in [0.3, 0.4) is 0 Å². The van der Waals surface area contributed by atoms with Crippen LogP contribution in [0.1, 0.15) is 62.7 Å². The van der Waals surface area contributed by atoms with E-state index in [-0.39, 0.29) is 12.0 Å². The number of nitrogens with zero attached hydrogens (tertiary/aromatic N) is 1. The quantitative estimate of drug-likeness (QED) is 0.674. The van der Waals surface area contributed by atoms with Crippen LogP contribution in [0.2, 0.25) is 0 Å². The summed E-state index contributed by atoms with van der Waals surface area (Å²) < 4.78 is 5.56. The highest BCUT2D eigenvalue weighted by molar-refractivity contribution is 5.95. The van der Waals surface area contributed by atoms with Gasteiger partial charge in [-0.2, -0.15) is 5.10 Å². The molecule has 0 bridgehead atoms. The van der Waals surface area contributed by atoms with Crippen molar-refractivity contribution in [2.75, 3.05) is 0 Å². The van der Waals surface area contributed by atoms with Crippen molar-refractivity contribution >= 4 is 11.6 Å². The third kappa shape index (κ3) is 5.21. The van der Waals surface area contributed by atoms with Gasteiger partial charge in [-0.3, -0.25) is 4.79 Å². The lowest BCUT2D eigenvalue weighted by molar-refractivity contribution is 0.0954. The summed E-state index contributed by atoms with van der Waals surface area (Å²) in [4.78, 5) is 12.0. The van der Waals surface area contributed by atoms with Crippen LogP contribution in [0, 0.1) is 0 Å². The minimum Gasteiger partial charge on any atom is -0.491 e. The molecular formula is C17H24N2O2. The highest BCUT2D eigenvalue weighted by atomic mass is 16.5. The van der Waals surface area contributed by atoms with Gasteiger partial charge in [0.25, 0.3) is 5.91 Å². The molecule has 1 aliphatic carbocycles. The number of carbonyl (C=O) groups is 1. The zero-order valence-electron chi connectivity index (χ0n) is 12.9. The minimum atomic E-state index is -0.164. The van der Waals surface area contributed by atoms with E-state index in [0.29, 0.717) is 5.56 Å². The summed E-state index contributed by atoms with van der Waals surface area (Å²) in [6.07, 6.45) is 7.02.